The van der Waals surface area contributed by atoms with Crippen LogP contribution in [0.25, 0.3) is 0 Å². The fourth-order valence-electron chi connectivity index (χ4n) is 24.7. The largest absolute Gasteiger partial charge is 0.393 e. The Bertz CT molecular complexity index is 4930. The van der Waals surface area contributed by atoms with Crippen molar-refractivity contribution in [3.63, 3.8) is 0 Å². The van der Waals surface area contributed by atoms with Gasteiger partial charge in [-0.05, 0) is 364 Å². The van der Waals surface area contributed by atoms with Crippen molar-refractivity contribution in [2.24, 2.45) is 69.0 Å². The smallest absolute Gasteiger partial charge is 0.346 e. The fraction of sp³-hybridized carbons (Fsp3) is 0.719. The number of halogens is 4. The molecule has 24 heteroatoms. The van der Waals surface area contributed by atoms with Gasteiger partial charge in [-0.15, -0.1) is 0 Å². The van der Waals surface area contributed by atoms with Crippen LogP contribution in [-0.2, 0) is 39.3 Å². The van der Waals surface area contributed by atoms with Gasteiger partial charge in [-0.3, -0.25) is 0 Å². The summed E-state index contributed by atoms with van der Waals surface area (Å²) in [4.78, 5) is 0. The summed E-state index contributed by atoms with van der Waals surface area (Å²) in [6.07, 6.45) is 43.1. The Balaban J connectivity index is 0.000000249. The molecule has 0 heterocycles. The van der Waals surface area contributed by atoms with E-state index in [0.29, 0.717) is 99.0 Å². The Hall–Kier alpha value is -4.96. The highest BCUT2D eigenvalue weighted by Gasteiger charge is 2.56. The molecule has 12 aliphatic rings. The van der Waals surface area contributed by atoms with E-state index >= 15 is 0 Å². The summed E-state index contributed by atoms with van der Waals surface area (Å²) in [7, 11) is -15.3. The summed E-state index contributed by atoms with van der Waals surface area (Å²) in [5, 5.41) is 73.2. The van der Waals surface area contributed by atoms with Gasteiger partial charge in [0.15, 0.2) is 19.7 Å². The maximum absolute atomic E-state index is 14.7. The van der Waals surface area contributed by atoms with Crippen LogP contribution in [0.5, 0.6) is 0 Å². The molecule has 8 N–H and O–H groups in total. The van der Waals surface area contributed by atoms with Crippen LogP contribution in [0.2, 0.25) is 0 Å². The number of rotatable bonds is 24. The van der Waals surface area contributed by atoms with E-state index in [4.69, 9.17) is 0 Å². The average Bonchev–Trinajstić information content (AvgIpc) is 1.63. The maximum Gasteiger partial charge on any atom is 0.346 e. The molecule has 784 valence electrons. The number of fused-ring (bicyclic) bond motifs is 4. The van der Waals surface area contributed by atoms with Crippen LogP contribution >= 0.6 is 0 Å². The third kappa shape index (κ3) is 26.9. The molecule has 0 aromatic heterocycles. The molecule has 0 unspecified atom stereocenters. The normalized spacial score (nSPS) is 33.6. The minimum absolute atomic E-state index is 0. The highest BCUT2D eigenvalue weighted by molar-refractivity contribution is 7.94. The first-order valence-electron chi connectivity index (χ1n) is 50.8. The van der Waals surface area contributed by atoms with E-state index in [9.17, 15) is 92.1 Å². The van der Waals surface area contributed by atoms with Crippen molar-refractivity contribution in [2.75, 3.05) is 11.5 Å². The van der Waals surface area contributed by atoms with Crippen LogP contribution in [0, 0.1) is 69.0 Å². The highest BCUT2D eigenvalue weighted by Crippen LogP contribution is 2.62. The molecule has 0 bridgehead atoms. The molecule has 0 aliphatic heterocycles. The molecule has 12 aliphatic carbocycles. The van der Waals surface area contributed by atoms with Gasteiger partial charge >= 0.3 is 10.5 Å². The predicted molar refractivity (Wildman–Crippen MR) is 560 cm³/mol. The standard InChI is InChI=1S/2C28H42F2O4S.2C28H44O4S.2CH4/c2*1-18(13-15-28(29,30)35(33,34)26(3,4)5)23-11-12-24-20(8-7-14-27(23,24)6)9-10-21-16-22(31)17-25(32)19(21)2;2*1-19(9-8-16-33(31,32)27(3,4)5)24-13-14-25-21(10-7-15-28(24,25)6)11-12-22-17-23(29)18-26(30)20(22)2;;/h2*9-11,18,22,24-25,31-32H,2,7-8,12-17H2,1,3-6H3;2*11-13,19,23,25-26,29-30H,2,7-10,14-18H2,1,3-6H3;2*1H4/b2*20-9+,21-10-;2*21-11+,22-12-;;/t18-,22+,24+,25-,27-;18-,22-,24+,25+,27-;19-,23+,25+,26-,28-;19-,23-,25+,26+,28-;;/m1111../s1. The van der Waals surface area contributed by atoms with E-state index in [2.05, 4.69) is 129 Å². The third-order valence-corrected chi connectivity index (χ3v) is 44.3. The first-order valence-corrected chi connectivity index (χ1v) is 57.1. The second kappa shape index (κ2) is 46.4. The van der Waals surface area contributed by atoms with Crippen LogP contribution in [0.15, 0.2) is 188 Å². The second-order valence-electron chi connectivity index (χ2n) is 47.5. The Morgan fingerprint density at radius 2 is 0.551 bits per heavy atom. The molecule has 0 spiro atoms. The number of hydrogen-bond acceptors (Lipinski definition) is 16. The number of aliphatic hydroxyl groups is 8. The third-order valence-electron chi connectivity index (χ3n) is 33.7. The van der Waals surface area contributed by atoms with Gasteiger partial charge in [-0.1, -0.05) is 214 Å². The molecule has 8 fully saturated rings. The zero-order chi connectivity index (χ0) is 102. The SMILES string of the molecule is C.C.C=C1/C(=C\C=C2/CCC[C@]3(C)C([C@H](C)CCC(F)(F)S(=O)(=O)C(C)(C)C)=CC[C@@H]23)C[C@@H](O)C[C@@H]1O.C=C1/C(=C\C=C2/CCC[C@]3(C)C([C@H](C)CCC(F)(F)S(=O)(=O)C(C)(C)C)=CC[C@@H]23)C[C@H](O)C[C@H]1O.C=C1/C(=C\C=C2/CCC[C@]3(C)C([C@H](C)CCCS(=O)(=O)C(C)(C)C)=CC[C@@H]23)C[C@@H](O)C[C@@H]1O.C=C1/C(=C\C=C2/CCC[C@]3(C)C([C@H](C)CCCS(=O)(=O)C(C)(C)C)=CC[C@@H]23)C[C@H](O)C[C@H]1O. The molecule has 20 atom stereocenters. The Morgan fingerprint density at radius 1 is 0.348 bits per heavy atom. The first-order chi connectivity index (χ1) is 62.5. The van der Waals surface area contributed by atoms with Crippen LogP contribution in [-0.4, -0.2) is 164 Å². The van der Waals surface area contributed by atoms with Gasteiger partial charge in [0.2, 0.25) is 19.7 Å². The van der Waals surface area contributed by atoms with Crippen LogP contribution in [0.1, 0.15) is 359 Å². The Morgan fingerprint density at radius 3 is 0.746 bits per heavy atom. The van der Waals surface area contributed by atoms with Crippen LogP contribution in [0.3, 0.4) is 0 Å². The van der Waals surface area contributed by atoms with Gasteiger partial charge in [-0.25, -0.2) is 33.7 Å². The highest BCUT2D eigenvalue weighted by atomic mass is 32.2. The monoisotopic (exact) mass is 2010 g/mol. The van der Waals surface area contributed by atoms with Crippen molar-refractivity contribution in [2.45, 2.75) is 437 Å². The van der Waals surface area contributed by atoms with E-state index in [1.807, 2.05) is 26.0 Å². The van der Waals surface area contributed by atoms with Crippen molar-refractivity contribution >= 4 is 39.3 Å². The second-order valence-corrected chi connectivity index (χ2v) is 58.9. The van der Waals surface area contributed by atoms with Crippen molar-refractivity contribution in [1.82, 2.24) is 0 Å². The summed E-state index contributed by atoms with van der Waals surface area (Å²) in [6.45, 7) is 52.3. The molecule has 0 aromatic rings. The van der Waals surface area contributed by atoms with Gasteiger partial charge in [-0.2, -0.15) is 17.6 Å². The topological polar surface area (TPSA) is 298 Å². The summed E-state index contributed by atoms with van der Waals surface area (Å²) in [5.74, 6) is 2.53. The van der Waals surface area contributed by atoms with Gasteiger partial charge in [0, 0.05) is 38.5 Å². The van der Waals surface area contributed by atoms with Crippen LogP contribution in [0.4, 0.5) is 17.6 Å². The maximum atomic E-state index is 14.7. The van der Waals surface area contributed by atoms with E-state index in [1.54, 1.807) is 41.5 Å². The molecule has 0 aromatic carbocycles. The summed E-state index contributed by atoms with van der Waals surface area (Å²) >= 11 is 0. The lowest BCUT2D eigenvalue weighted by Gasteiger charge is -2.43. The fourth-order valence-corrected chi connectivity index (χ4v) is 29.5. The molecular formula is C114H180F4O16S4. The van der Waals surface area contributed by atoms with Gasteiger partial charge < -0.3 is 40.9 Å². The number of hydrogen-bond donors (Lipinski definition) is 8. The zero-order valence-corrected chi connectivity index (χ0v) is 89.3. The van der Waals surface area contributed by atoms with E-state index in [1.165, 1.54) is 87.8 Å². The lowest BCUT2D eigenvalue weighted by atomic mass is 9.62. The number of aliphatic hydroxyl groups excluding tert-OH is 8. The lowest BCUT2D eigenvalue weighted by molar-refractivity contribution is 0.0720. The molecule has 0 radical (unpaired) electrons. The Kier molecular flexibility index (Phi) is 40.3. The minimum atomic E-state index is -4.58. The molecule has 16 nitrogen and oxygen atoms in total. The summed E-state index contributed by atoms with van der Waals surface area (Å²) in [6, 6.07) is 0. The number of sulfone groups is 4. The van der Waals surface area contributed by atoms with Gasteiger partial charge in [0.05, 0.1) is 79.3 Å². The lowest BCUT2D eigenvalue weighted by Crippen LogP contribution is -2.42. The molecule has 138 heavy (non-hydrogen) atoms. The van der Waals surface area contributed by atoms with E-state index in [-0.39, 0.29) is 84.5 Å². The number of alkyl halides is 4. The first kappa shape index (κ1) is 120. The molecule has 0 saturated heterocycles. The molecule has 0 amide bonds. The molecule has 12 rings (SSSR count). The zero-order valence-electron chi connectivity index (χ0n) is 86.0. The van der Waals surface area contributed by atoms with Gasteiger partial charge in [0.25, 0.3) is 0 Å². The van der Waals surface area contributed by atoms with Crippen LogP contribution < -0.4 is 0 Å². The van der Waals surface area contributed by atoms with Gasteiger partial charge in [0.1, 0.15) is 0 Å². The van der Waals surface area contributed by atoms with Crippen molar-refractivity contribution < 1.29 is 92.1 Å². The predicted octanol–water partition coefficient (Wildman–Crippen LogP) is 25.2. The summed E-state index contributed by atoms with van der Waals surface area (Å²) < 4.78 is 154. The quantitative estimate of drug-likeness (QED) is 0.0329. The van der Waals surface area contributed by atoms with Crippen molar-refractivity contribution in [3.8, 4) is 0 Å². The summed E-state index contributed by atoms with van der Waals surface area (Å²) in [5.41, 5.74) is 17.3. The molecular weight excluding hydrogens is 1830 g/mol. The van der Waals surface area contributed by atoms with Crippen molar-refractivity contribution in [3.05, 3.63) is 188 Å². The van der Waals surface area contributed by atoms with Crippen molar-refractivity contribution in [1.29, 1.82) is 0 Å². The van der Waals surface area contributed by atoms with E-state index in [0.717, 1.165) is 147 Å². The van der Waals surface area contributed by atoms with E-state index < -0.39 is 131 Å². The molecule has 8 saturated carbocycles. The minimum Gasteiger partial charge on any atom is -0.393 e. The Labute approximate surface area is 831 Å². The number of allylic oxidation sites excluding steroid dienone is 20. The average molecular weight is 2010 g/mol.